The number of amides is 1. The lowest BCUT2D eigenvalue weighted by Crippen LogP contribution is -2.27. The van der Waals surface area contributed by atoms with E-state index in [0.29, 0.717) is 16.8 Å². The maximum absolute atomic E-state index is 12.7. The number of pyridine rings is 1. The molecule has 1 amide bonds. The van der Waals surface area contributed by atoms with Gasteiger partial charge in [-0.05, 0) is 56.7 Å². The van der Waals surface area contributed by atoms with Crippen molar-refractivity contribution in [3.05, 3.63) is 70.9 Å². The van der Waals surface area contributed by atoms with Gasteiger partial charge in [0.1, 0.15) is 5.75 Å². The molecule has 1 heterocycles. The standard InChI is InChI=1S/C21H20F2N2O2/c1-12-7-8-19-16(9-12)11-18(14(3)24-19)20(26)25-13(2)15-5-4-6-17(10-15)27-21(22)23/h4-11,13,21H,1-3H3,(H,25,26). The summed E-state index contributed by atoms with van der Waals surface area (Å²) in [4.78, 5) is 17.2. The van der Waals surface area contributed by atoms with Gasteiger partial charge in [0.05, 0.1) is 22.8 Å². The number of carbonyl (C=O) groups is 1. The van der Waals surface area contributed by atoms with Gasteiger partial charge in [-0.2, -0.15) is 8.78 Å². The fourth-order valence-corrected chi connectivity index (χ4v) is 2.94. The number of benzene rings is 2. The van der Waals surface area contributed by atoms with Crippen LogP contribution in [0.1, 0.15) is 40.1 Å². The number of hydrogen-bond donors (Lipinski definition) is 1. The van der Waals surface area contributed by atoms with E-state index in [2.05, 4.69) is 15.0 Å². The topological polar surface area (TPSA) is 51.2 Å². The first-order valence-corrected chi connectivity index (χ1v) is 8.57. The highest BCUT2D eigenvalue weighted by atomic mass is 19.3. The van der Waals surface area contributed by atoms with Gasteiger partial charge < -0.3 is 10.1 Å². The van der Waals surface area contributed by atoms with Gasteiger partial charge >= 0.3 is 6.61 Å². The Hall–Kier alpha value is -3.02. The smallest absolute Gasteiger partial charge is 0.387 e. The molecule has 1 atom stereocenters. The van der Waals surface area contributed by atoms with E-state index in [1.807, 2.05) is 31.2 Å². The average Bonchev–Trinajstić information content (AvgIpc) is 2.61. The van der Waals surface area contributed by atoms with Gasteiger partial charge in [0.25, 0.3) is 5.91 Å². The van der Waals surface area contributed by atoms with Crippen molar-refractivity contribution < 1.29 is 18.3 Å². The maximum Gasteiger partial charge on any atom is 0.387 e. The van der Waals surface area contributed by atoms with Crippen molar-refractivity contribution in [2.75, 3.05) is 0 Å². The Morgan fingerprint density at radius 3 is 2.63 bits per heavy atom. The lowest BCUT2D eigenvalue weighted by atomic mass is 10.1. The zero-order valence-corrected chi connectivity index (χ0v) is 15.3. The molecule has 140 valence electrons. The number of ether oxygens (including phenoxy) is 1. The first kappa shape index (κ1) is 18.8. The van der Waals surface area contributed by atoms with E-state index in [1.165, 1.54) is 12.1 Å². The van der Waals surface area contributed by atoms with E-state index in [-0.39, 0.29) is 17.7 Å². The summed E-state index contributed by atoms with van der Waals surface area (Å²) in [6, 6.07) is 13.6. The number of aromatic nitrogens is 1. The van der Waals surface area contributed by atoms with Gasteiger partial charge in [-0.15, -0.1) is 0 Å². The first-order valence-electron chi connectivity index (χ1n) is 8.57. The highest BCUT2D eigenvalue weighted by Gasteiger charge is 2.16. The zero-order valence-electron chi connectivity index (χ0n) is 15.3. The largest absolute Gasteiger partial charge is 0.435 e. The Kier molecular flexibility index (Phi) is 5.35. The molecule has 3 aromatic rings. The Labute approximate surface area is 156 Å². The molecular weight excluding hydrogens is 350 g/mol. The molecule has 0 aliphatic heterocycles. The summed E-state index contributed by atoms with van der Waals surface area (Å²) in [5, 5.41) is 3.79. The quantitative estimate of drug-likeness (QED) is 0.692. The SMILES string of the molecule is Cc1ccc2nc(C)c(C(=O)NC(C)c3cccc(OC(F)F)c3)cc2c1. The number of rotatable bonds is 5. The molecule has 0 aliphatic carbocycles. The number of hydrogen-bond acceptors (Lipinski definition) is 3. The number of carbonyl (C=O) groups excluding carboxylic acids is 1. The van der Waals surface area contributed by atoms with Crippen LogP contribution in [0.15, 0.2) is 48.5 Å². The fraction of sp³-hybridized carbons (Fsp3) is 0.238. The number of fused-ring (bicyclic) bond motifs is 1. The zero-order chi connectivity index (χ0) is 19.6. The van der Waals surface area contributed by atoms with E-state index in [9.17, 15) is 13.6 Å². The third kappa shape index (κ3) is 4.39. The molecule has 6 heteroatoms. The number of alkyl halides is 2. The van der Waals surface area contributed by atoms with Gasteiger partial charge in [-0.1, -0.05) is 23.8 Å². The van der Waals surface area contributed by atoms with Crippen LogP contribution in [0, 0.1) is 13.8 Å². The van der Waals surface area contributed by atoms with Crippen molar-refractivity contribution in [2.24, 2.45) is 0 Å². The molecule has 0 bridgehead atoms. The summed E-state index contributed by atoms with van der Waals surface area (Å²) in [6.45, 7) is 2.67. The first-order chi connectivity index (χ1) is 12.8. The summed E-state index contributed by atoms with van der Waals surface area (Å²) < 4.78 is 29.2. The van der Waals surface area contributed by atoms with E-state index >= 15 is 0 Å². The van der Waals surface area contributed by atoms with E-state index in [0.717, 1.165) is 16.5 Å². The second kappa shape index (κ2) is 7.70. The molecule has 1 aromatic heterocycles. The lowest BCUT2D eigenvalue weighted by molar-refractivity contribution is -0.0499. The predicted octanol–water partition coefficient (Wildman–Crippen LogP) is 4.94. The summed E-state index contributed by atoms with van der Waals surface area (Å²) >= 11 is 0. The van der Waals surface area contributed by atoms with Gasteiger partial charge in [-0.3, -0.25) is 9.78 Å². The van der Waals surface area contributed by atoms with Crippen LogP contribution in [0.5, 0.6) is 5.75 Å². The highest BCUT2D eigenvalue weighted by molar-refractivity contribution is 5.98. The Balaban J connectivity index is 1.82. The van der Waals surface area contributed by atoms with Crippen LogP contribution in [0.3, 0.4) is 0 Å². The molecule has 0 radical (unpaired) electrons. The molecule has 0 fully saturated rings. The summed E-state index contributed by atoms with van der Waals surface area (Å²) in [7, 11) is 0. The second-order valence-corrected chi connectivity index (χ2v) is 6.46. The van der Waals surface area contributed by atoms with E-state index in [4.69, 9.17) is 0 Å². The van der Waals surface area contributed by atoms with Crippen molar-refractivity contribution >= 4 is 16.8 Å². The fourth-order valence-electron chi connectivity index (χ4n) is 2.94. The van der Waals surface area contributed by atoms with E-state index < -0.39 is 6.61 Å². The van der Waals surface area contributed by atoms with Crippen LogP contribution in [-0.4, -0.2) is 17.5 Å². The van der Waals surface area contributed by atoms with Crippen LogP contribution in [-0.2, 0) is 0 Å². The Morgan fingerprint density at radius 2 is 1.89 bits per heavy atom. The predicted molar refractivity (Wildman–Crippen MR) is 100 cm³/mol. The minimum absolute atomic E-state index is 0.0580. The normalized spacial score (nSPS) is 12.2. The van der Waals surface area contributed by atoms with E-state index in [1.54, 1.807) is 26.0 Å². The van der Waals surface area contributed by atoms with Crippen molar-refractivity contribution in [3.63, 3.8) is 0 Å². The molecule has 3 rings (SSSR count). The number of nitrogens with one attached hydrogen (secondary N) is 1. The molecule has 27 heavy (non-hydrogen) atoms. The van der Waals surface area contributed by atoms with Gasteiger partial charge in [0, 0.05) is 5.39 Å². The number of nitrogens with zero attached hydrogens (tertiary/aromatic N) is 1. The molecule has 0 spiro atoms. The maximum atomic E-state index is 12.7. The van der Waals surface area contributed by atoms with Crippen LogP contribution >= 0.6 is 0 Å². The molecule has 1 unspecified atom stereocenters. The molecule has 0 saturated heterocycles. The molecule has 4 nitrogen and oxygen atoms in total. The number of halogens is 2. The van der Waals surface area contributed by atoms with Crippen molar-refractivity contribution in [1.82, 2.24) is 10.3 Å². The minimum atomic E-state index is -2.89. The van der Waals surface area contributed by atoms with Gasteiger partial charge in [0.15, 0.2) is 0 Å². The summed E-state index contributed by atoms with van der Waals surface area (Å²) in [5.41, 5.74) is 3.71. The number of aryl methyl sites for hydroxylation is 2. The molecule has 0 aliphatic rings. The van der Waals surface area contributed by atoms with Crippen LogP contribution < -0.4 is 10.1 Å². The van der Waals surface area contributed by atoms with Crippen molar-refractivity contribution in [1.29, 1.82) is 0 Å². The highest BCUT2D eigenvalue weighted by Crippen LogP contribution is 2.22. The van der Waals surface area contributed by atoms with Crippen LogP contribution in [0.4, 0.5) is 8.78 Å². The van der Waals surface area contributed by atoms with Gasteiger partial charge in [0.2, 0.25) is 0 Å². The van der Waals surface area contributed by atoms with Crippen LogP contribution in [0.2, 0.25) is 0 Å². The third-order valence-corrected chi connectivity index (χ3v) is 4.34. The lowest BCUT2D eigenvalue weighted by Gasteiger charge is -2.16. The minimum Gasteiger partial charge on any atom is -0.435 e. The summed E-state index contributed by atoms with van der Waals surface area (Å²) in [6.07, 6.45) is 0. The van der Waals surface area contributed by atoms with Crippen molar-refractivity contribution in [2.45, 2.75) is 33.4 Å². The second-order valence-electron chi connectivity index (χ2n) is 6.46. The molecule has 2 aromatic carbocycles. The third-order valence-electron chi connectivity index (χ3n) is 4.34. The van der Waals surface area contributed by atoms with Gasteiger partial charge in [-0.25, -0.2) is 0 Å². The molecular formula is C21H20F2N2O2. The average molecular weight is 370 g/mol. The Bertz CT molecular complexity index is 989. The van der Waals surface area contributed by atoms with Crippen LogP contribution in [0.25, 0.3) is 10.9 Å². The molecule has 0 saturated carbocycles. The van der Waals surface area contributed by atoms with Crippen molar-refractivity contribution in [3.8, 4) is 5.75 Å². The summed E-state index contributed by atoms with van der Waals surface area (Å²) in [5.74, 6) is -0.210. The monoisotopic (exact) mass is 370 g/mol. The molecule has 1 N–H and O–H groups in total. The Morgan fingerprint density at radius 1 is 1.11 bits per heavy atom.